The Morgan fingerprint density at radius 2 is 2.39 bits per heavy atom. The molecule has 2 rings (SSSR count). The van der Waals surface area contributed by atoms with Crippen LogP contribution < -0.4 is 10.9 Å². The predicted molar refractivity (Wildman–Crippen MR) is 69.6 cm³/mol. The first-order chi connectivity index (χ1) is 8.69. The van der Waals surface area contributed by atoms with Gasteiger partial charge in [-0.25, -0.2) is 0 Å². The van der Waals surface area contributed by atoms with Gasteiger partial charge in [-0.3, -0.25) is 9.59 Å². The first-order valence-electron chi connectivity index (χ1n) is 6.38. The van der Waals surface area contributed by atoms with Crippen LogP contribution >= 0.6 is 0 Å². The molecule has 1 aliphatic heterocycles. The molecule has 18 heavy (non-hydrogen) atoms. The van der Waals surface area contributed by atoms with Crippen molar-refractivity contribution in [3.8, 4) is 0 Å². The van der Waals surface area contributed by atoms with E-state index in [1.807, 2.05) is 0 Å². The van der Waals surface area contributed by atoms with Crippen LogP contribution in [0.4, 0.5) is 0 Å². The number of carbonyl (C=O) groups excluding carboxylic acids is 1. The highest BCUT2D eigenvalue weighted by Gasteiger charge is 2.21. The summed E-state index contributed by atoms with van der Waals surface area (Å²) in [4.78, 5) is 27.6. The minimum absolute atomic E-state index is 0.124. The summed E-state index contributed by atoms with van der Waals surface area (Å²) in [6.07, 6.45) is 2.59. The Balaban J connectivity index is 1.82. The molecule has 0 aromatic carbocycles. The summed E-state index contributed by atoms with van der Waals surface area (Å²) in [6, 6.07) is 2.91. The van der Waals surface area contributed by atoms with E-state index < -0.39 is 0 Å². The van der Waals surface area contributed by atoms with Crippen molar-refractivity contribution in [1.29, 1.82) is 0 Å². The number of nitrogens with one attached hydrogen (secondary N) is 2. The molecule has 1 fully saturated rings. The standard InChI is InChI=1S/C13H19N3O2/c1-2-16-6-5-10(9-16)7-15-13(18)11-3-4-12(17)14-8-11/h3-4,8,10H,2,5-7,9H2,1H3,(H,14,17)(H,15,18). The molecule has 98 valence electrons. The van der Waals surface area contributed by atoms with E-state index in [0.717, 1.165) is 26.1 Å². The van der Waals surface area contributed by atoms with Crippen molar-refractivity contribution < 1.29 is 4.79 Å². The number of carbonyl (C=O) groups is 1. The molecule has 1 atom stereocenters. The Labute approximate surface area is 106 Å². The first kappa shape index (κ1) is 12.8. The Hall–Kier alpha value is -1.62. The summed E-state index contributed by atoms with van der Waals surface area (Å²) in [5, 5.41) is 2.92. The van der Waals surface area contributed by atoms with Crippen molar-refractivity contribution >= 4 is 5.91 Å². The van der Waals surface area contributed by atoms with Crippen LogP contribution in [0.3, 0.4) is 0 Å². The fourth-order valence-corrected chi connectivity index (χ4v) is 2.26. The summed E-state index contributed by atoms with van der Waals surface area (Å²) in [5.41, 5.74) is 0.306. The van der Waals surface area contributed by atoms with Gasteiger partial charge in [-0.2, -0.15) is 0 Å². The summed E-state index contributed by atoms with van der Waals surface area (Å²) < 4.78 is 0. The number of amides is 1. The zero-order valence-electron chi connectivity index (χ0n) is 10.6. The van der Waals surface area contributed by atoms with E-state index >= 15 is 0 Å². The number of likely N-dealkylation sites (tertiary alicyclic amines) is 1. The third kappa shape index (κ3) is 3.20. The number of hydrogen-bond acceptors (Lipinski definition) is 3. The molecule has 1 unspecified atom stereocenters. The molecule has 1 amide bonds. The second kappa shape index (κ2) is 5.82. The molecule has 0 aliphatic carbocycles. The van der Waals surface area contributed by atoms with Gasteiger partial charge in [0.05, 0.1) is 5.56 Å². The van der Waals surface area contributed by atoms with Crippen LogP contribution in [-0.4, -0.2) is 42.0 Å². The summed E-state index contributed by atoms with van der Waals surface area (Å²) >= 11 is 0. The van der Waals surface area contributed by atoms with E-state index in [-0.39, 0.29) is 11.5 Å². The maximum atomic E-state index is 11.8. The molecule has 0 spiro atoms. The maximum absolute atomic E-state index is 11.8. The number of pyridine rings is 1. The van der Waals surface area contributed by atoms with E-state index in [9.17, 15) is 9.59 Å². The van der Waals surface area contributed by atoms with Crippen molar-refractivity contribution in [1.82, 2.24) is 15.2 Å². The van der Waals surface area contributed by atoms with E-state index in [1.165, 1.54) is 12.3 Å². The molecule has 0 bridgehead atoms. The fourth-order valence-electron chi connectivity index (χ4n) is 2.26. The Bertz CT molecular complexity index is 449. The lowest BCUT2D eigenvalue weighted by molar-refractivity contribution is 0.0947. The quantitative estimate of drug-likeness (QED) is 0.814. The lowest BCUT2D eigenvalue weighted by Crippen LogP contribution is -2.31. The zero-order valence-corrected chi connectivity index (χ0v) is 10.6. The van der Waals surface area contributed by atoms with Crippen LogP contribution in [0.5, 0.6) is 0 Å². The number of hydrogen-bond donors (Lipinski definition) is 2. The van der Waals surface area contributed by atoms with Gasteiger partial charge in [-0.15, -0.1) is 0 Å². The van der Waals surface area contributed by atoms with Gasteiger partial charge in [0.15, 0.2) is 0 Å². The number of H-pyrrole nitrogens is 1. The highest BCUT2D eigenvalue weighted by atomic mass is 16.1. The minimum Gasteiger partial charge on any atom is -0.352 e. The Kier molecular flexibility index (Phi) is 4.15. The second-order valence-electron chi connectivity index (χ2n) is 4.70. The maximum Gasteiger partial charge on any atom is 0.252 e. The van der Waals surface area contributed by atoms with Gasteiger partial charge >= 0.3 is 0 Å². The van der Waals surface area contributed by atoms with Crippen LogP contribution in [0, 0.1) is 5.92 Å². The Morgan fingerprint density at radius 3 is 3.00 bits per heavy atom. The monoisotopic (exact) mass is 249 g/mol. The number of rotatable bonds is 4. The highest BCUT2D eigenvalue weighted by Crippen LogP contribution is 2.14. The molecule has 1 aromatic rings. The fraction of sp³-hybridized carbons (Fsp3) is 0.538. The van der Waals surface area contributed by atoms with E-state index in [2.05, 4.69) is 22.1 Å². The SMILES string of the molecule is CCN1CCC(CNC(=O)c2ccc(=O)[nH]c2)C1. The molecular formula is C13H19N3O2. The molecule has 2 heterocycles. The van der Waals surface area contributed by atoms with E-state index in [0.29, 0.717) is 18.0 Å². The van der Waals surface area contributed by atoms with Gasteiger partial charge in [0, 0.05) is 25.4 Å². The summed E-state index contributed by atoms with van der Waals surface area (Å²) in [5.74, 6) is 0.415. The van der Waals surface area contributed by atoms with Crippen LogP contribution in [0.1, 0.15) is 23.7 Å². The van der Waals surface area contributed by atoms with Gasteiger partial charge in [0.1, 0.15) is 0 Å². The van der Waals surface area contributed by atoms with Gasteiger partial charge < -0.3 is 15.2 Å². The molecule has 5 nitrogen and oxygen atoms in total. The topological polar surface area (TPSA) is 65.2 Å². The highest BCUT2D eigenvalue weighted by molar-refractivity contribution is 5.93. The molecule has 5 heteroatoms. The van der Waals surface area contributed by atoms with Gasteiger partial charge in [-0.05, 0) is 31.5 Å². The minimum atomic E-state index is -0.194. The van der Waals surface area contributed by atoms with E-state index in [1.54, 1.807) is 6.07 Å². The number of aromatic nitrogens is 1. The molecule has 0 radical (unpaired) electrons. The lowest BCUT2D eigenvalue weighted by atomic mass is 10.1. The lowest BCUT2D eigenvalue weighted by Gasteiger charge is -2.13. The van der Waals surface area contributed by atoms with Gasteiger partial charge in [-0.1, -0.05) is 6.92 Å². The Morgan fingerprint density at radius 1 is 1.56 bits per heavy atom. The number of nitrogens with zero attached hydrogens (tertiary/aromatic N) is 1. The van der Waals surface area contributed by atoms with Crippen LogP contribution in [0.15, 0.2) is 23.1 Å². The molecule has 1 aromatic heterocycles. The third-order valence-electron chi connectivity index (χ3n) is 3.41. The zero-order chi connectivity index (χ0) is 13.0. The second-order valence-corrected chi connectivity index (χ2v) is 4.70. The van der Waals surface area contributed by atoms with Crippen LogP contribution in [-0.2, 0) is 0 Å². The largest absolute Gasteiger partial charge is 0.352 e. The molecule has 2 N–H and O–H groups in total. The molecule has 1 saturated heterocycles. The average molecular weight is 249 g/mol. The molecule has 0 saturated carbocycles. The summed E-state index contributed by atoms with van der Waals surface area (Å²) in [6.45, 7) is 6.11. The summed E-state index contributed by atoms with van der Waals surface area (Å²) in [7, 11) is 0. The van der Waals surface area contributed by atoms with Crippen molar-refractivity contribution in [3.05, 3.63) is 34.2 Å². The van der Waals surface area contributed by atoms with E-state index in [4.69, 9.17) is 0 Å². The number of aromatic amines is 1. The third-order valence-corrected chi connectivity index (χ3v) is 3.41. The van der Waals surface area contributed by atoms with Crippen LogP contribution in [0.25, 0.3) is 0 Å². The van der Waals surface area contributed by atoms with Gasteiger partial charge in [0.25, 0.3) is 5.91 Å². The van der Waals surface area contributed by atoms with Gasteiger partial charge in [0.2, 0.25) is 5.56 Å². The van der Waals surface area contributed by atoms with Crippen LogP contribution in [0.2, 0.25) is 0 Å². The normalized spacial score (nSPS) is 19.9. The predicted octanol–water partition coefficient (Wildman–Crippen LogP) is 0.447. The smallest absolute Gasteiger partial charge is 0.252 e. The molecular weight excluding hydrogens is 230 g/mol. The van der Waals surface area contributed by atoms with Crippen molar-refractivity contribution in [2.45, 2.75) is 13.3 Å². The first-order valence-corrected chi connectivity index (χ1v) is 6.38. The van der Waals surface area contributed by atoms with Crippen molar-refractivity contribution in [2.75, 3.05) is 26.2 Å². The van der Waals surface area contributed by atoms with Crippen molar-refractivity contribution in [2.24, 2.45) is 5.92 Å². The van der Waals surface area contributed by atoms with Crippen molar-refractivity contribution in [3.63, 3.8) is 0 Å². The molecule has 1 aliphatic rings. The average Bonchev–Trinajstić information content (AvgIpc) is 2.85.